The lowest BCUT2D eigenvalue weighted by Gasteiger charge is -2.30. The molecule has 4 atom stereocenters. The van der Waals surface area contributed by atoms with Crippen molar-refractivity contribution in [2.24, 2.45) is 17.2 Å². The molecule has 2 aromatic carbocycles. The summed E-state index contributed by atoms with van der Waals surface area (Å²) in [7, 11) is 0. The Morgan fingerprint density at radius 3 is 2.40 bits per heavy atom. The number of carbonyl (C=O) groups is 4. The molecule has 2 aromatic rings. The van der Waals surface area contributed by atoms with Crippen LogP contribution in [0.15, 0.2) is 42.5 Å². The van der Waals surface area contributed by atoms with Crippen LogP contribution in [-0.2, 0) is 49.8 Å². The van der Waals surface area contributed by atoms with E-state index in [0.29, 0.717) is 45.1 Å². The van der Waals surface area contributed by atoms with Gasteiger partial charge in [0.2, 0.25) is 23.6 Å². The largest absolute Gasteiger partial charge is 0.372 e. The van der Waals surface area contributed by atoms with Crippen molar-refractivity contribution in [2.45, 2.75) is 89.1 Å². The van der Waals surface area contributed by atoms with Crippen LogP contribution in [-0.4, -0.2) is 47.9 Å². The smallest absolute Gasteiger partial charge is 0.244 e. The molecule has 0 bridgehead atoms. The van der Waals surface area contributed by atoms with Crippen LogP contribution in [0.4, 0.5) is 5.69 Å². The van der Waals surface area contributed by atoms with E-state index in [1.807, 2.05) is 49.4 Å². The van der Waals surface area contributed by atoms with Gasteiger partial charge in [0.05, 0.1) is 30.5 Å². The molecule has 0 saturated heterocycles. The average Bonchev–Trinajstić information content (AvgIpc) is 3.27. The number of nitrogens with two attached hydrogens (primary N) is 3. The zero-order valence-electron chi connectivity index (χ0n) is 22.9. The van der Waals surface area contributed by atoms with Gasteiger partial charge in [0, 0.05) is 19.3 Å². The molecule has 0 unspecified atom stereocenters. The van der Waals surface area contributed by atoms with Crippen molar-refractivity contribution in [3.63, 3.8) is 0 Å². The molecule has 0 aliphatic carbocycles. The Hall–Kier alpha value is -3.76. The lowest BCUT2D eigenvalue weighted by Crippen LogP contribution is -2.55. The summed E-state index contributed by atoms with van der Waals surface area (Å²) in [6.45, 7) is 2.15. The standard InChI is InChI=1S/C30H39N5O5/c1-18(40-17-20-10-8-19(9-11-20)4-2-7-26(32)36)24(14-15-27(33)37)34-29(38)25-16-22-6-3-5-21-12-13-23(31)30(39)35(25)28(21)22/h3,5-6,8-11,18,23-25H,2,4,7,12-17,31H2,1H3,(H2,32,36)(H2,33,37)(H,34,38)/t18-,23+,24+,25+/m1/s1. The number of para-hydroxylation sites is 1. The highest BCUT2D eigenvalue weighted by Gasteiger charge is 2.43. The second kappa shape index (κ2) is 13.1. The minimum Gasteiger partial charge on any atom is -0.372 e. The van der Waals surface area contributed by atoms with Crippen LogP contribution in [0.25, 0.3) is 0 Å². The van der Waals surface area contributed by atoms with Crippen molar-refractivity contribution in [1.82, 2.24) is 5.32 Å². The number of amides is 4. The van der Waals surface area contributed by atoms with Crippen molar-refractivity contribution >= 4 is 29.3 Å². The monoisotopic (exact) mass is 549 g/mol. The van der Waals surface area contributed by atoms with Crippen molar-refractivity contribution < 1.29 is 23.9 Å². The Labute approximate surface area is 234 Å². The number of anilines is 1. The minimum absolute atomic E-state index is 0.0845. The first-order chi connectivity index (χ1) is 19.1. The molecule has 10 heteroatoms. The summed E-state index contributed by atoms with van der Waals surface area (Å²) in [4.78, 5) is 50.9. The third-order valence-electron chi connectivity index (χ3n) is 7.77. The Bertz CT molecular complexity index is 1250. The fourth-order valence-electron chi connectivity index (χ4n) is 5.48. The molecule has 4 rings (SSSR count). The molecular formula is C30H39N5O5. The van der Waals surface area contributed by atoms with E-state index in [-0.39, 0.29) is 24.1 Å². The van der Waals surface area contributed by atoms with Gasteiger partial charge >= 0.3 is 0 Å². The molecule has 0 fully saturated rings. The van der Waals surface area contributed by atoms with Crippen LogP contribution in [0, 0.1) is 0 Å². The molecular weight excluding hydrogens is 510 g/mol. The molecule has 2 aliphatic heterocycles. The first-order valence-electron chi connectivity index (χ1n) is 13.9. The third-order valence-corrected chi connectivity index (χ3v) is 7.77. The molecule has 214 valence electrons. The second-order valence-electron chi connectivity index (χ2n) is 10.8. The Kier molecular flexibility index (Phi) is 9.54. The molecule has 7 N–H and O–H groups in total. The van der Waals surface area contributed by atoms with E-state index in [4.69, 9.17) is 21.9 Å². The van der Waals surface area contributed by atoms with E-state index in [9.17, 15) is 19.2 Å². The summed E-state index contributed by atoms with van der Waals surface area (Å²) in [5.74, 6) is -1.33. The van der Waals surface area contributed by atoms with Gasteiger partial charge in [0.1, 0.15) is 6.04 Å². The molecule has 2 aliphatic rings. The quantitative estimate of drug-likeness (QED) is 0.294. The predicted molar refractivity (Wildman–Crippen MR) is 151 cm³/mol. The summed E-state index contributed by atoms with van der Waals surface area (Å²) in [5.41, 5.74) is 21.6. The van der Waals surface area contributed by atoms with Crippen molar-refractivity contribution in [3.05, 3.63) is 64.7 Å². The van der Waals surface area contributed by atoms with Crippen LogP contribution < -0.4 is 27.4 Å². The second-order valence-corrected chi connectivity index (χ2v) is 10.8. The van der Waals surface area contributed by atoms with Gasteiger partial charge in [-0.25, -0.2) is 0 Å². The van der Waals surface area contributed by atoms with E-state index in [1.54, 1.807) is 4.90 Å². The van der Waals surface area contributed by atoms with Crippen LogP contribution in [0.3, 0.4) is 0 Å². The number of rotatable bonds is 13. The van der Waals surface area contributed by atoms with Crippen molar-refractivity contribution in [1.29, 1.82) is 0 Å². The molecule has 0 radical (unpaired) electrons. The highest BCUT2D eigenvalue weighted by atomic mass is 16.5. The number of primary amides is 2. The van der Waals surface area contributed by atoms with E-state index >= 15 is 0 Å². The average molecular weight is 550 g/mol. The highest BCUT2D eigenvalue weighted by molar-refractivity contribution is 6.06. The van der Waals surface area contributed by atoms with Gasteiger partial charge in [-0.2, -0.15) is 0 Å². The number of benzene rings is 2. The first kappa shape index (κ1) is 29.2. The number of nitrogens with one attached hydrogen (secondary N) is 1. The number of hydrogen-bond acceptors (Lipinski definition) is 6. The predicted octanol–water partition coefficient (Wildman–Crippen LogP) is 1.38. The fraction of sp³-hybridized carbons (Fsp3) is 0.467. The number of nitrogens with zero attached hydrogens (tertiary/aromatic N) is 1. The first-order valence-corrected chi connectivity index (χ1v) is 13.9. The zero-order valence-corrected chi connectivity index (χ0v) is 22.9. The van der Waals surface area contributed by atoms with Crippen molar-refractivity contribution in [2.75, 3.05) is 4.90 Å². The lowest BCUT2D eigenvalue weighted by atomic mass is 10.0. The van der Waals surface area contributed by atoms with Crippen LogP contribution in [0.1, 0.15) is 61.3 Å². The highest BCUT2D eigenvalue weighted by Crippen LogP contribution is 2.38. The summed E-state index contributed by atoms with van der Waals surface area (Å²) >= 11 is 0. The van der Waals surface area contributed by atoms with Gasteiger partial charge in [0.15, 0.2) is 0 Å². The number of ether oxygens (including phenoxy) is 1. The van der Waals surface area contributed by atoms with E-state index in [2.05, 4.69) is 5.32 Å². The maximum Gasteiger partial charge on any atom is 0.244 e. The molecule has 0 aromatic heterocycles. The van der Waals surface area contributed by atoms with E-state index < -0.39 is 30.1 Å². The molecule has 4 amide bonds. The molecule has 0 saturated carbocycles. The summed E-state index contributed by atoms with van der Waals surface area (Å²) in [6.07, 6.45) is 3.39. The van der Waals surface area contributed by atoms with E-state index in [1.165, 1.54) is 0 Å². The topological polar surface area (TPSA) is 171 Å². The normalized spacial score (nSPS) is 19.4. The van der Waals surface area contributed by atoms with Crippen molar-refractivity contribution in [3.8, 4) is 0 Å². The SMILES string of the molecule is C[C@@H](OCc1ccc(CCCC(N)=O)cc1)[C@H](CCC(N)=O)NC(=O)[C@@H]1Cc2cccc3c2N1C(=O)[C@@H](N)CC3. The van der Waals surface area contributed by atoms with Gasteiger partial charge in [-0.15, -0.1) is 0 Å². The number of carbonyl (C=O) groups excluding carboxylic acids is 4. The number of hydrogen-bond donors (Lipinski definition) is 4. The van der Waals surface area contributed by atoms with Crippen LogP contribution in [0.5, 0.6) is 0 Å². The van der Waals surface area contributed by atoms with Crippen LogP contribution in [0.2, 0.25) is 0 Å². The maximum absolute atomic E-state index is 13.6. The third kappa shape index (κ3) is 7.05. The Morgan fingerprint density at radius 1 is 1.02 bits per heavy atom. The zero-order chi connectivity index (χ0) is 28.8. The molecule has 2 heterocycles. The summed E-state index contributed by atoms with van der Waals surface area (Å²) < 4.78 is 6.11. The van der Waals surface area contributed by atoms with Gasteiger partial charge in [-0.05, 0) is 61.3 Å². The molecule has 0 spiro atoms. The van der Waals surface area contributed by atoms with E-state index in [0.717, 1.165) is 34.4 Å². The number of aryl methyl sites for hydroxylation is 2. The van der Waals surface area contributed by atoms with Gasteiger partial charge < -0.3 is 27.3 Å². The fourth-order valence-corrected chi connectivity index (χ4v) is 5.48. The summed E-state index contributed by atoms with van der Waals surface area (Å²) in [6, 6.07) is 11.9. The summed E-state index contributed by atoms with van der Waals surface area (Å²) in [5, 5.41) is 3.05. The molecule has 40 heavy (non-hydrogen) atoms. The maximum atomic E-state index is 13.6. The minimum atomic E-state index is -0.724. The molecule has 10 nitrogen and oxygen atoms in total. The Balaban J connectivity index is 1.41. The van der Waals surface area contributed by atoms with Gasteiger partial charge in [-0.3, -0.25) is 24.1 Å². The lowest BCUT2D eigenvalue weighted by molar-refractivity contribution is -0.128. The Morgan fingerprint density at radius 2 is 1.70 bits per heavy atom. The van der Waals surface area contributed by atoms with Gasteiger partial charge in [-0.1, -0.05) is 42.5 Å². The van der Waals surface area contributed by atoms with Crippen LogP contribution >= 0.6 is 0 Å². The van der Waals surface area contributed by atoms with Gasteiger partial charge in [0.25, 0.3) is 0 Å².